The monoisotopic (exact) mass is 262 g/mol. The second-order valence-electron chi connectivity index (χ2n) is 4.62. The standard InChI is InChI=1S/C17H14N2O/c1-13(20)18-19-12-16-10-6-5-9-15(16)11-17(19)14-7-3-2-4-8-14/h2-12H,1H3. The molecular weight excluding hydrogens is 248 g/mol. The van der Waals surface area contributed by atoms with E-state index in [2.05, 4.69) is 17.2 Å². The largest absolute Gasteiger partial charge is 0.858 e. The lowest BCUT2D eigenvalue weighted by molar-refractivity contribution is -0.669. The summed E-state index contributed by atoms with van der Waals surface area (Å²) in [6.07, 6.45) is 1.89. The second-order valence-corrected chi connectivity index (χ2v) is 4.62. The van der Waals surface area contributed by atoms with Crippen molar-refractivity contribution in [2.75, 3.05) is 0 Å². The topological polar surface area (TPSA) is 39.3 Å². The van der Waals surface area contributed by atoms with Crippen LogP contribution in [0.4, 0.5) is 0 Å². The van der Waals surface area contributed by atoms with Gasteiger partial charge in [0, 0.05) is 22.9 Å². The van der Waals surface area contributed by atoms with Crippen LogP contribution in [0.1, 0.15) is 6.92 Å². The maximum atomic E-state index is 11.3. The van der Waals surface area contributed by atoms with Crippen LogP contribution in [-0.4, -0.2) is 5.90 Å². The van der Waals surface area contributed by atoms with Crippen LogP contribution >= 0.6 is 0 Å². The third kappa shape index (κ3) is 2.38. The molecule has 0 N–H and O–H groups in total. The lowest BCUT2D eigenvalue weighted by atomic mass is 10.1. The first kappa shape index (κ1) is 12.4. The lowest BCUT2D eigenvalue weighted by Gasteiger charge is -2.04. The molecule has 0 atom stereocenters. The maximum Gasteiger partial charge on any atom is 0.245 e. The van der Waals surface area contributed by atoms with Crippen LogP contribution < -0.4 is 9.78 Å². The van der Waals surface area contributed by atoms with Crippen molar-refractivity contribution in [2.24, 2.45) is 5.10 Å². The van der Waals surface area contributed by atoms with Crippen molar-refractivity contribution in [2.45, 2.75) is 6.92 Å². The zero-order valence-electron chi connectivity index (χ0n) is 11.2. The van der Waals surface area contributed by atoms with Crippen molar-refractivity contribution >= 4 is 16.7 Å². The summed E-state index contributed by atoms with van der Waals surface area (Å²) in [6, 6.07) is 20.0. The number of aromatic nitrogens is 1. The first-order valence-corrected chi connectivity index (χ1v) is 6.46. The fourth-order valence-corrected chi connectivity index (χ4v) is 2.23. The highest BCUT2D eigenvalue weighted by atomic mass is 16.3. The van der Waals surface area contributed by atoms with Gasteiger partial charge in [-0.15, -0.1) is 0 Å². The van der Waals surface area contributed by atoms with Gasteiger partial charge in [-0.1, -0.05) is 41.1 Å². The molecule has 0 amide bonds. The average Bonchev–Trinajstić information content (AvgIpc) is 2.47. The molecule has 3 aromatic rings. The van der Waals surface area contributed by atoms with Crippen LogP contribution in [0.15, 0.2) is 72.0 Å². The van der Waals surface area contributed by atoms with Crippen LogP contribution in [0.5, 0.6) is 0 Å². The summed E-state index contributed by atoms with van der Waals surface area (Å²) in [6.45, 7) is 1.46. The molecule has 20 heavy (non-hydrogen) atoms. The van der Waals surface area contributed by atoms with Crippen molar-refractivity contribution in [1.82, 2.24) is 0 Å². The number of hydrogen-bond donors (Lipinski definition) is 0. The first-order valence-electron chi connectivity index (χ1n) is 6.46. The second kappa shape index (κ2) is 5.13. The highest BCUT2D eigenvalue weighted by Crippen LogP contribution is 2.20. The van der Waals surface area contributed by atoms with Gasteiger partial charge in [-0.2, -0.15) is 0 Å². The molecule has 0 saturated heterocycles. The van der Waals surface area contributed by atoms with Gasteiger partial charge < -0.3 is 5.11 Å². The van der Waals surface area contributed by atoms with E-state index < -0.39 is 0 Å². The Morgan fingerprint density at radius 2 is 1.60 bits per heavy atom. The molecule has 0 aliphatic heterocycles. The summed E-state index contributed by atoms with van der Waals surface area (Å²) in [5.41, 5.74) is 1.93. The van der Waals surface area contributed by atoms with Gasteiger partial charge in [0.25, 0.3) is 0 Å². The fraction of sp³-hybridized carbons (Fsp3) is 0.0588. The molecule has 0 aliphatic carbocycles. The zero-order valence-corrected chi connectivity index (χ0v) is 11.2. The summed E-state index contributed by atoms with van der Waals surface area (Å²) in [7, 11) is 0. The summed E-state index contributed by atoms with van der Waals surface area (Å²) < 4.78 is 1.65. The van der Waals surface area contributed by atoms with E-state index in [9.17, 15) is 5.11 Å². The van der Waals surface area contributed by atoms with E-state index in [0.29, 0.717) is 0 Å². The lowest BCUT2D eigenvalue weighted by Crippen LogP contribution is -2.34. The Labute approximate surface area is 117 Å². The molecule has 98 valence electrons. The highest BCUT2D eigenvalue weighted by molar-refractivity contribution is 5.83. The van der Waals surface area contributed by atoms with Crippen LogP contribution in [0.3, 0.4) is 0 Å². The summed E-state index contributed by atoms with van der Waals surface area (Å²) in [5.74, 6) is -0.220. The number of benzene rings is 2. The van der Waals surface area contributed by atoms with Gasteiger partial charge in [-0.05, 0) is 35.6 Å². The van der Waals surface area contributed by atoms with Crippen molar-refractivity contribution in [3.05, 3.63) is 66.9 Å². The summed E-state index contributed by atoms with van der Waals surface area (Å²) >= 11 is 0. The predicted octanol–water partition coefficient (Wildman–Crippen LogP) is 2.34. The number of pyridine rings is 1. The van der Waals surface area contributed by atoms with Crippen LogP contribution in [0.2, 0.25) is 0 Å². The van der Waals surface area contributed by atoms with Gasteiger partial charge in [0.15, 0.2) is 0 Å². The minimum Gasteiger partial charge on any atom is -0.858 e. The fourth-order valence-electron chi connectivity index (χ4n) is 2.23. The van der Waals surface area contributed by atoms with E-state index >= 15 is 0 Å². The molecule has 3 nitrogen and oxygen atoms in total. The minimum atomic E-state index is -0.220. The SMILES string of the molecule is C/C([O-])=N/[n+]1cc2ccccc2cc1-c1ccccc1. The Kier molecular flexibility index (Phi) is 3.17. The molecule has 0 saturated carbocycles. The van der Waals surface area contributed by atoms with Crippen molar-refractivity contribution in [1.29, 1.82) is 0 Å². The van der Waals surface area contributed by atoms with Gasteiger partial charge >= 0.3 is 0 Å². The van der Waals surface area contributed by atoms with Crippen molar-refractivity contribution < 1.29 is 9.78 Å². The van der Waals surface area contributed by atoms with E-state index in [-0.39, 0.29) is 5.90 Å². The van der Waals surface area contributed by atoms with E-state index in [0.717, 1.165) is 22.0 Å². The normalized spacial score (nSPS) is 11.8. The minimum absolute atomic E-state index is 0.220. The van der Waals surface area contributed by atoms with Crippen LogP contribution in [-0.2, 0) is 0 Å². The van der Waals surface area contributed by atoms with Gasteiger partial charge in [0.05, 0.1) is 0 Å². The third-order valence-electron chi connectivity index (χ3n) is 3.11. The average molecular weight is 262 g/mol. The van der Waals surface area contributed by atoms with E-state index in [1.165, 1.54) is 6.92 Å². The Morgan fingerprint density at radius 1 is 0.950 bits per heavy atom. The van der Waals surface area contributed by atoms with E-state index in [4.69, 9.17) is 0 Å². The van der Waals surface area contributed by atoms with Crippen LogP contribution in [0, 0.1) is 0 Å². The van der Waals surface area contributed by atoms with Crippen molar-refractivity contribution in [3.8, 4) is 11.3 Å². The molecule has 0 radical (unpaired) electrons. The van der Waals surface area contributed by atoms with Gasteiger partial charge in [0.1, 0.15) is 0 Å². The van der Waals surface area contributed by atoms with Gasteiger partial charge in [0.2, 0.25) is 11.9 Å². The highest BCUT2D eigenvalue weighted by Gasteiger charge is 2.14. The number of rotatable bonds is 2. The molecule has 0 aliphatic rings. The van der Waals surface area contributed by atoms with Crippen molar-refractivity contribution in [3.63, 3.8) is 0 Å². The summed E-state index contributed by atoms with van der Waals surface area (Å²) in [5, 5.41) is 17.6. The predicted molar refractivity (Wildman–Crippen MR) is 78.1 cm³/mol. The van der Waals surface area contributed by atoms with Gasteiger partial charge in [-0.25, -0.2) is 0 Å². The van der Waals surface area contributed by atoms with Crippen LogP contribution in [0.25, 0.3) is 22.0 Å². The first-order chi connectivity index (χ1) is 9.74. The quantitative estimate of drug-likeness (QED) is 0.397. The molecule has 3 heteroatoms. The molecule has 0 bridgehead atoms. The molecule has 1 aromatic heterocycles. The molecule has 0 spiro atoms. The number of nitrogens with zero attached hydrogens (tertiary/aromatic N) is 2. The molecule has 3 rings (SSSR count). The Morgan fingerprint density at radius 3 is 2.30 bits per heavy atom. The molecular formula is C17H14N2O. The van der Waals surface area contributed by atoms with Gasteiger partial charge in [-0.3, -0.25) is 0 Å². The molecule has 0 fully saturated rings. The number of fused-ring (bicyclic) bond motifs is 1. The Balaban J connectivity index is 2.30. The smallest absolute Gasteiger partial charge is 0.245 e. The molecule has 2 aromatic carbocycles. The maximum absolute atomic E-state index is 11.3. The molecule has 0 unspecified atom stereocenters. The Hall–Kier alpha value is -2.68. The molecule has 1 heterocycles. The van der Waals surface area contributed by atoms with E-state index in [1.807, 2.05) is 54.7 Å². The number of hydrogen-bond acceptors (Lipinski definition) is 2. The zero-order chi connectivity index (χ0) is 13.9. The Bertz CT molecular complexity index is 775. The van der Waals surface area contributed by atoms with E-state index in [1.54, 1.807) is 4.68 Å². The third-order valence-corrected chi connectivity index (χ3v) is 3.11. The summed E-state index contributed by atoms with van der Waals surface area (Å²) in [4.78, 5) is 0.